The molecule has 0 aliphatic rings. The van der Waals surface area contributed by atoms with E-state index in [0.717, 1.165) is 31.3 Å². The number of hydrogen-bond acceptors (Lipinski definition) is 6. The van der Waals surface area contributed by atoms with Crippen molar-refractivity contribution in [2.45, 2.75) is 85.8 Å². The quantitative estimate of drug-likeness (QED) is 0.249. The third-order valence-corrected chi connectivity index (χ3v) is 4.57. The third-order valence-electron chi connectivity index (χ3n) is 4.57. The Labute approximate surface area is 210 Å². The van der Waals surface area contributed by atoms with Crippen molar-refractivity contribution in [3.8, 4) is 0 Å². The first-order valence-electron chi connectivity index (χ1n) is 11.2. The van der Waals surface area contributed by atoms with Crippen LogP contribution < -0.4 is 10.6 Å². The summed E-state index contributed by atoms with van der Waals surface area (Å²) in [6.07, 6.45) is 0.992. The Morgan fingerprint density at radius 3 is 2.41 bits per heavy atom. The summed E-state index contributed by atoms with van der Waals surface area (Å²) in [4.78, 5) is 23.3. The van der Waals surface area contributed by atoms with Gasteiger partial charge in [-0.15, -0.1) is 24.0 Å². The van der Waals surface area contributed by atoms with Crippen LogP contribution in [-0.2, 0) is 11.2 Å². The zero-order chi connectivity index (χ0) is 23.6. The number of alkyl carbamates (subject to hydrolysis) is 1. The third kappa shape index (κ3) is 11.9. The lowest BCUT2D eigenvalue weighted by Gasteiger charge is -2.28. The van der Waals surface area contributed by atoms with Gasteiger partial charge in [0.1, 0.15) is 5.60 Å². The van der Waals surface area contributed by atoms with E-state index in [1.165, 1.54) is 0 Å². The summed E-state index contributed by atoms with van der Waals surface area (Å²) in [5.74, 6) is 2.67. The minimum atomic E-state index is -0.512. The highest BCUT2D eigenvalue weighted by molar-refractivity contribution is 14.0. The monoisotopic (exact) mass is 566 g/mol. The standard InChI is InChI=1S/C22H42N6O3.HI/c1-10-23-20(24-13-11-18-26-19(16(4)5)27-31-18)28(9)14-12-17(15(2)3)25-21(29)30-22(6,7)8;/h15-17H,10-14H2,1-9H3,(H,23,24)(H,25,29);1H. The van der Waals surface area contributed by atoms with Crippen molar-refractivity contribution in [2.75, 3.05) is 26.7 Å². The molecule has 1 aromatic rings. The maximum Gasteiger partial charge on any atom is 0.407 e. The SMILES string of the molecule is CCNC(=NCCc1nc(C(C)C)no1)N(C)CCC(NC(=O)OC(C)(C)C)C(C)C.I. The second-order valence-electron chi connectivity index (χ2n) is 9.39. The molecule has 0 saturated carbocycles. The number of carbonyl (C=O) groups excluding carboxylic acids is 1. The minimum absolute atomic E-state index is 0. The lowest BCUT2D eigenvalue weighted by Crippen LogP contribution is -2.45. The van der Waals surface area contributed by atoms with Gasteiger partial charge in [0.15, 0.2) is 11.8 Å². The number of nitrogens with one attached hydrogen (secondary N) is 2. The van der Waals surface area contributed by atoms with Crippen molar-refractivity contribution in [2.24, 2.45) is 10.9 Å². The van der Waals surface area contributed by atoms with E-state index in [0.29, 0.717) is 18.9 Å². The highest BCUT2D eigenvalue weighted by Crippen LogP contribution is 2.12. The number of ether oxygens (including phenoxy) is 1. The predicted octanol–water partition coefficient (Wildman–Crippen LogP) is 4.19. The summed E-state index contributed by atoms with van der Waals surface area (Å²) in [6, 6.07) is 0.00743. The Hall–Kier alpha value is -1.59. The van der Waals surface area contributed by atoms with Gasteiger partial charge in [-0.25, -0.2) is 4.79 Å². The molecule has 9 nitrogen and oxygen atoms in total. The maximum atomic E-state index is 12.2. The molecule has 2 N–H and O–H groups in total. The van der Waals surface area contributed by atoms with Crippen LogP contribution in [0.25, 0.3) is 0 Å². The first-order valence-corrected chi connectivity index (χ1v) is 11.2. The first-order chi connectivity index (χ1) is 14.4. The summed E-state index contributed by atoms with van der Waals surface area (Å²) in [5.41, 5.74) is -0.512. The molecule has 0 fully saturated rings. The number of aromatic nitrogens is 2. The number of nitrogens with zero attached hydrogens (tertiary/aromatic N) is 4. The fourth-order valence-corrected chi connectivity index (χ4v) is 2.80. The number of carbonyl (C=O) groups is 1. The summed E-state index contributed by atoms with van der Waals surface area (Å²) in [6.45, 7) is 17.9. The molecule has 1 atom stereocenters. The van der Waals surface area contributed by atoms with Crippen LogP contribution in [0.5, 0.6) is 0 Å². The number of amides is 1. The van der Waals surface area contributed by atoms with Gasteiger partial charge >= 0.3 is 6.09 Å². The Balaban J connectivity index is 0.00000961. The van der Waals surface area contributed by atoms with Crippen LogP contribution in [0.3, 0.4) is 0 Å². The van der Waals surface area contributed by atoms with Gasteiger partial charge in [-0.2, -0.15) is 4.98 Å². The minimum Gasteiger partial charge on any atom is -0.444 e. The number of hydrogen-bond donors (Lipinski definition) is 2. The Kier molecular flexibility index (Phi) is 13.8. The van der Waals surface area contributed by atoms with Gasteiger partial charge in [-0.05, 0) is 40.0 Å². The van der Waals surface area contributed by atoms with Gasteiger partial charge < -0.3 is 24.8 Å². The fourth-order valence-electron chi connectivity index (χ4n) is 2.80. The van der Waals surface area contributed by atoms with Gasteiger partial charge in [0, 0.05) is 38.5 Å². The number of halogens is 1. The molecule has 1 heterocycles. The van der Waals surface area contributed by atoms with Gasteiger partial charge in [0.25, 0.3) is 0 Å². The van der Waals surface area contributed by atoms with Gasteiger partial charge in [0.2, 0.25) is 5.89 Å². The molecule has 0 aromatic carbocycles. The smallest absolute Gasteiger partial charge is 0.407 e. The van der Waals surface area contributed by atoms with Crippen LogP contribution in [0.4, 0.5) is 4.79 Å². The van der Waals surface area contributed by atoms with Crippen molar-refractivity contribution < 1.29 is 14.1 Å². The van der Waals surface area contributed by atoms with Crippen molar-refractivity contribution in [3.05, 3.63) is 11.7 Å². The molecule has 10 heteroatoms. The Bertz CT molecular complexity index is 700. The highest BCUT2D eigenvalue weighted by atomic mass is 127. The lowest BCUT2D eigenvalue weighted by molar-refractivity contribution is 0.0486. The van der Waals surface area contributed by atoms with Crippen LogP contribution in [-0.4, -0.2) is 65.4 Å². The van der Waals surface area contributed by atoms with Crippen molar-refractivity contribution >= 4 is 36.0 Å². The molecule has 0 aliphatic heterocycles. The molecular formula is C22H43IN6O3. The van der Waals surface area contributed by atoms with E-state index in [-0.39, 0.29) is 47.9 Å². The number of guanidine groups is 1. The van der Waals surface area contributed by atoms with E-state index in [1.807, 2.05) is 48.6 Å². The molecule has 0 radical (unpaired) electrons. The molecule has 32 heavy (non-hydrogen) atoms. The van der Waals surface area contributed by atoms with E-state index in [4.69, 9.17) is 9.26 Å². The highest BCUT2D eigenvalue weighted by Gasteiger charge is 2.22. The zero-order valence-corrected chi connectivity index (χ0v) is 23.5. The van der Waals surface area contributed by atoms with Gasteiger partial charge in [0.05, 0.1) is 6.54 Å². The van der Waals surface area contributed by atoms with E-state index in [9.17, 15) is 4.79 Å². The summed E-state index contributed by atoms with van der Waals surface area (Å²) in [5, 5.41) is 10.3. The number of rotatable bonds is 10. The van der Waals surface area contributed by atoms with Gasteiger partial charge in [-0.1, -0.05) is 32.9 Å². The Morgan fingerprint density at radius 2 is 1.91 bits per heavy atom. The second-order valence-corrected chi connectivity index (χ2v) is 9.39. The van der Waals surface area contributed by atoms with Crippen LogP contribution in [0.2, 0.25) is 0 Å². The maximum absolute atomic E-state index is 12.2. The molecule has 186 valence electrons. The van der Waals surface area contributed by atoms with Crippen LogP contribution in [0.15, 0.2) is 9.52 Å². The molecule has 1 aromatic heterocycles. The molecular weight excluding hydrogens is 523 g/mol. The first kappa shape index (κ1) is 30.4. The Morgan fingerprint density at radius 1 is 1.25 bits per heavy atom. The molecule has 0 saturated heterocycles. The lowest BCUT2D eigenvalue weighted by atomic mass is 10.0. The fraction of sp³-hybridized carbons (Fsp3) is 0.818. The average molecular weight is 567 g/mol. The molecule has 0 spiro atoms. The van der Waals surface area contributed by atoms with E-state index in [2.05, 4.69) is 44.5 Å². The molecule has 1 rings (SSSR count). The van der Waals surface area contributed by atoms with Crippen molar-refractivity contribution in [3.63, 3.8) is 0 Å². The molecule has 0 bridgehead atoms. The van der Waals surface area contributed by atoms with Gasteiger partial charge in [-0.3, -0.25) is 4.99 Å². The van der Waals surface area contributed by atoms with Crippen molar-refractivity contribution in [1.29, 1.82) is 0 Å². The summed E-state index contributed by atoms with van der Waals surface area (Å²) >= 11 is 0. The normalized spacial score (nSPS) is 13.0. The zero-order valence-electron chi connectivity index (χ0n) is 21.2. The van der Waals surface area contributed by atoms with Crippen molar-refractivity contribution in [1.82, 2.24) is 25.7 Å². The van der Waals surface area contributed by atoms with E-state index < -0.39 is 5.60 Å². The van der Waals surface area contributed by atoms with Crippen LogP contribution in [0, 0.1) is 5.92 Å². The summed E-state index contributed by atoms with van der Waals surface area (Å²) < 4.78 is 10.7. The average Bonchev–Trinajstić information content (AvgIpc) is 3.11. The van der Waals surface area contributed by atoms with Crippen LogP contribution >= 0.6 is 24.0 Å². The molecule has 1 unspecified atom stereocenters. The topological polar surface area (TPSA) is 105 Å². The van der Waals surface area contributed by atoms with E-state index >= 15 is 0 Å². The second kappa shape index (κ2) is 14.5. The van der Waals surface area contributed by atoms with E-state index in [1.54, 1.807) is 0 Å². The van der Waals surface area contributed by atoms with Crippen LogP contribution in [0.1, 0.15) is 79.4 Å². The molecule has 0 aliphatic carbocycles. The predicted molar refractivity (Wildman–Crippen MR) is 139 cm³/mol. The molecule has 1 amide bonds. The largest absolute Gasteiger partial charge is 0.444 e. The summed E-state index contributed by atoms with van der Waals surface area (Å²) in [7, 11) is 2.00. The number of aliphatic imine (C=N–C) groups is 1.